The zero-order chi connectivity index (χ0) is 25.1. The van der Waals surface area contributed by atoms with Crippen molar-refractivity contribution >= 4 is 25.0 Å². The molecule has 6 nitrogen and oxygen atoms in total. The Bertz CT molecular complexity index is 1040. The minimum atomic E-state index is -4.53. The van der Waals surface area contributed by atoms with Gasteiger partial charge < -0.3 is 25.1 Å². The van der Waals surface area contributed by atoms with Gasteiger partial charge in [0, 0.05) is 12.2 Å². The molecule has 1 aliphatic rings. The van der Waals surface area contributed by atoms with Crippen LogP contribution in [0.4, 0.5) is 23.7 Å². The van der Waals surface area contributed by atoms with Gasteiger partial charge in [-0.15, -0.1) is 0 Å². The normalized spacial score (nSPS) is 17.5. The first-order valence-electron chi connectivity index (χ1n) is 10.8. The number of rotatable bonds is 6. The van der Waals surface area contributed by atoms with E-state index in [-0.39, 0.29) is 24.4 Å². The lowest BCUT2D eigenvalue weighted by atomic mass is 9.76. The number of nitrogens with one attached hydrogen (secondary N) is 1. The third-order valence-electron chi connectivity index (χ3n) is 5.96. The molecule has 1 aliphatic heterocycles. The van der Waals surface area contributed by atoms with Crippen molar-refractivity contribution in [2.45, 2.75) is 51.7 Å². The van der Waals surface area contributed by atoms with E-state index in [2.05, 4.69) is 5.32 Å². The smallest absolute Gasteiger partial charge is 0.445 e. The van der Waals surface area contributed by atoms with Gasteiger partial charge in [0.25, 0.3) is 0 Å². The molecular formula is C24H28BF3N2O4. The lowest BCUT2D eigenvalue weighted by Crippen LogP contribution is -2.41. The molecule has 1 saturated heterocycles. The van der Waals surface area contributed by atoms with Crippen LogP contribution in [-0.2, 0) is 26.8 Å². The van der Waals surface area contributed by atoms with Crippen LogP contribution in [0.15, 0.2) is 54.0 Å². The monoisotopic (exact) mass is 476 g/mol. The van der Waals surface area contributed by atoms with Crippen molar-refractivity contribution in [3.8, 4) is 0 Å². The van der Waals surface area contributed by atoms with Crippen LogP contribution in [0, 0.1) is 0 Å². The summed E-state index contributed by atoms with van der Waals surface area (Å²) in [6.45, 7) is 7.40. The van der Waals surface area contributed by atoms with Crippen LogP contribution in [0.25, 0.3) is 6.08 Å². The summed E-state index contributed by atoms with van der Waals surface area (Å²) >= 11 is 0. The molecule has 0 atom stereocenters. The van der Waals surface area contributed by atoms with Gasteiger partial charge >= 0.3 is 19.4 Å². The number of ether oxygens (including phenoxy) is 1. The topological polar surface area (TPSA) is 82.8 Å². The molecule has 0 aromatic heterocycles. The molecule has 1 amide bonds. The first-order chi connectivity index (χ1) is 15.8. The highest BCUT2D eigenvalue weighted by Gasteiger charge is 2.52. The largest absolute Gasteiger partial charge is 0.492 e. The fourth-order valence-electron chi connectivity index (χ4n) is 3.22. The summed E-state index contributed by atoms with van der Waals surface area (Å²) in [4.78, 5) is 12.3. The maximum absolute atomic E-state index is 13.2. The molecule has 182 valence electrons. The first kappa shape index (κ1) is 25.6. The summed E-state index contributed by atoms with van der Waals surface area (Å²) in [6.07, 6.45) is -3.77. The zero-order valence-corrected chi connectivity index (χ0v) is 19.5. The summed E-state index contributed by atoms with van der Waals surface area (Å²) in [5.74, 6) is 0. The van der Waals surface area contributed by atoms with Gasteiger partial charge in [-0.05, 0) is 62.5 Å². The summed E-state index contributed by atoms with van der Waals surface area (Å²) in [6, 6.07) is 12.2. The quantitative estimate of drug-likeness (QED) is 0.441. The summed E-state index contributed by atoms with van der Waals surface area (Å²) in [5, 5.41) is 2.62. The van der Waals surface area contributed by atoms with Gasteiger partial charge in [-0.1, -0.05) is 36.4 Å². The average molecular weight is 476 g/mol. The van der Waals surface area contributed by atoms with Crippen molar-refractivity contribution < 1.29 is 32.0 Å². The number of alkyl halides is 3. The highest BCUT2D eigenvalue weighted by atomic mass is 19.4. The number of anilines is 1. The number of nitrogens with two attached hydrogens (primary N) is 1. The van der Waals surface area contributed by atoms with E-state index in [0.717, 1.165) is 17.7 Å². The minimum Gasteiger partial charge on any atom is -0.445 e. The number of alkyl carbamates (subject to hydrolysis) is 1. The Labute approximate surface area is 197 Å². The molecule has 10 heteroatoms. The second kappa shape index (κ2) is 9.72. The van der Waals surface area contributed by atoms with Gasteiger partial charge in [0.2, 0.25) is 0 Å². The van der Waals surface area contributed by atoms with Crippen LogP contribution in [0.2, 0.25) is 0 Å². The Kier molecular flexibility index (Phi) is 7.33. The third kappa shape index (κ3) is 6.12. The number of halogens is 3. The Morgan fingerprint density at radius 2 is 1.71 bits per heavy atom. The van der Waals surface area contributed by atoms with Crippen LogP contribution >= 0.6 is 0 Å². The molecule has 0 saturated carbocycles. The van der Waals surface area contributed by atoms with Gasteiger partial charge in [-0.2, -0.15) is 13.2 Å². The number of benzene rings is 2. The second-order valence-corrected chi connectivity index (χ2v) is 9.06. The Balaban J connectivity index is 1.83. The number of amides is 1. The van der Waals surface area contributed by atoms with E-state index in [1.807, 2.05) is 58.0 Å². The molecule has 1 fully saturated rings. The van der Waals surface area contributed by atoms with E-state index < -0.39 is 36.2 Å². The summed E-state index contributed by atoms with van der Waals surface area (Å²) in [7, 11) is -0.909. The van der Waals surface area contributed by atoms with E-state index in [9.17, 15) is 18.0 Å². The van der Waals surface area contributed by atoms with Crippen LogP contribution in [0.1, 0.15) is 44.4 Å². The van der Waals surface area contributed by atoms with Crippen molar-refractivity contribution in [2.75, 3.05) is 12.3 Å². The standard InChI is InChI=1S/C24H28BF3N2O4/c1-22(2)23(3,4)34-25(33-22)19(13-17-12-18(24(26,27)28)10-11-20(17)29)14-30-21(31)32-15-16-8-6-5-7-9-16/h5-13H,14-15,29H2,1-4H3,(H,30,31). The first-order valence-corrected chi connectivity index (χ1v) is 10.8. The second-order valence-electron chi connectivity index (χ2n) is 9.06. The van der Waals surface area contributed by atoms with Crippen molar-refractivity contribution in [3.63, 3.8) is 0 Å². The van der Waals surface area contributed by atoms with Crippen molar-refractivity contribution in [1.82, 2.24) is 5.32 Å². The molecule has 3 rings (SSSR count). The van der Waals surface area contributed by atoms with Gasteiger partial charge in [0.1, 0.15) is 6.61 Å². The Morgan fingerprint density at radius 3 is 2.29 bits per heavy atom. The molecule has 2 aromatic carbocycles. The minimum absolute atomic E-state index is 0.0722. The van der Waals surface area contributed by atoms with Crippen LogP contribution in [0.3, 0.4) is 0 Å². The van der Waals surface area contributed by atoms with Crippen LogP contribution in [0.5, 0.6) is 0 Å². The van der Waals surface area contributed by atoms with Gasteiger partial charge in [-0.25, -0.2) is 4.79 Å². The van der Waals surface area contributed by atoms with Crippen LogP contribution in [-0.4, -0.2) is 31.0 Å². The van der Waals surface area contributed by atoms with Gasteiger partial charge in [0.05, 0.1) is 16.8 Å². The highest BCUT2D eigenvalue weighted by molar-refractivity contribution is 6.56. The molecular weight excluding hydrogens is 448 g/mol. The van der Waals surface area contributed by atoms with Crippen molar-refractivity contribution in [2.24, 2.45) is 0 Å². The summed E-state index contributed by atoms with van der Waals surface area (Å²) in [5.41, 5.74) is 5.22. The fraction of sp³-hybridized carbons (Fsp3) is 0.375. The maximum Gasteiger partial charge on any atom is 0.492 e. The van der Waals surface area contributed by atoms with Gasteiger partial charge in [0.15, 0.2) is 0 Å². The zero-order valence-electron chi connectivity index (χ0n) is 19.5. The van der Waals surface area contributed by atoms with E-state index in [4.69, 9.17) is 19.8 Å². The van der Waals surface area contributed by atoms with Crippen LogP contribution < -0.4 is 11.1 Å². The molecule has 3 N–H and O–H groups in total. The van der Waals surface area contributed by atoms with Crippen molar-refractivity contribution in [3.05, 3.63) is 70.7 Å². The SMILES string of the molecule is CC1(C)OB(C(=Cc2cc(C(F)(F)F)ccc2N)CNC(=O)OCc2ccccc2)OC1(C)C. The van der Waals surface area contributed by atoms with E-state index in [1.54, 1.807) is 0 Å². The van der Waals surface area contributed by atoms with Gasteiger partial charge in [-0.3, -0.25) is 0 Å². The third-order valence-corrected chi connectivity index (χ3v) is 5.96. The lowest BCUT2D eigenvalue weighted by molar-refractivity contribution is -0.137. The predicted octanol–water partition coefficient (Wildman–Crippen LogP) is 5.23. The summed E-state index contributed by atoms with van der Waals surface area (Å²) < 4.78 is 57.0. The van der Waals surface area contributed by atoms with E-state index in [0.29, 0.717) is 5.47 Å². The molecule has 0 aliphatic carbocycles. The molecule has 2 aromatic rings. The predicted molar refractivity (Wildman–Crippen MR) is 125 cm³/mol. The Hall–Kier alpha value is -2.98. The number of hydrogen-bond acceptors (Lipinski definition) is 5. The fourth-order valence-corrected chi connectivity index (χ4v) is 3.22. The number of nitrogen functional groups attached to an aromatic ring is 1. The van der Waals surface area contributed by atoms with Crippen molar-refractivity contribution in [1.29, 1.82) is 0 Å². The molecule has 34 heavy (non-hydrogen) atoms. The molecule has 0 radical (unpaired) electrons. The number of carbonyl (C=O) groups is 1. The molecule has 1 heterocycles. The molecule has 0 unspecified atom stereocenters. The van der Waals surface area contributed by atoms with E-state index >= 15 is 0 Å². The number of carbonyl (C=O) groups excluding carboxylic acids is 1. The van der Waals surface area contributed by atoms with E-state index in [1.165, 1.54) is 12.1 Å². The Morgan fingerprint density at radius 1 is 1.09 bits per heavy atom. The highest BCUT2D eigenvalue weighted by Crippen LogP contribution is 2.39. The molecule has 0 bridgehead atoms. The number of hydrogen-bond donors (Lipinski definition) is 2. The maximum atomic E-state index is 13.2. The lowest BCUT2D eigenvalue weighted by Gasteiger charge is -2.32. The average Bonchev–Trinajstić information content (AvgIpc) is 2.97. The molecule has 0 spiro atoms.